The van der Waals surface area contributed by atoms with Gasteiger partial charge in [0.15, 0.2) is 0 Å². The van der Waals surface area contributed by atoms with Gasteiger partial charge < -0.3 is 10.5 Å². The van der Waals surface area contributed by atoms with Crippen LogP contribution < -0.4 is 10.5 Å². The lowest BCUT2D eigenvalue weighted by atomic mass is 10.3. The molecule has 0 aliphatic rings. The van der Waals surface area contributed by atoms with Crippen molar-refractivity contribution in [3.63, 3.8) is 0 Å². The molecule has 0 aromatic carbocycles. The van der Waals surface area contributed by atoms with E-state index in [1.165, 1.54) is 7.11 Å². The number of unbranched alkanes of at least 4 members (excludes halogenated alkanes) is 1. The first-order chi connectivity index (χ1) is 6.93. The second-order valence-corrected chi connectivity index (χ2v) is 5.08. The van der Waals surface area contributed by atoms with E-state index in [1.807, 2.05) is 6.92 Å². The number of esters is 1. The molecule has 0 saturated carbocycles. The quantitative estimate of drug-likeness (QED) is 0.566. The van der Waals surface area contributed by atoms with Crippen LogP contribution in [0.4, 0.5) is 0 Å². The number of ether oxygens (including phenoxy) is 1. The van der Waals surface area contributed by atoms with E-state index in [-0.39, 0.29) is 12.3 Å². The fourth-order valence-corrected chi connectivity index (χ4v) is 2.10. The molecule has 7 heteroatoms. The maximum absolute atomic E-state index is 11.3. The fraction of sp³-hybridized carbons (Fsp3) is 0.875. The highest BCUT2D eigenvalue weighted by Gasteiger charge is 2.17. The number of carbonyl (C=O) groups excluding carboxylic acids is 1. The lowest BCUT2D eigenvalue weighted by Crippen LogP contribution is -2.43. The summed E-state index contributed by atoms with van der Waals surface area (Å²) in [6.07, 6.45) is 1.38. The third-order valence-electron chi connectivity index (χ3n) is 1.79. The molecule has 0 aliphatic carbocycles. The Morgan fingerprint density at radius 3 is 2.60 bits per heavy atom. The number of nitrogens with two attached hydrogens (primary N) is 1. The van der Waals surface area contributed by atoms with Gasteiger partial charge in [0.05, 0.1) is 12.9 Å². The van der Waals surface area contributed by atoms with Gasteiger partial charge >= 0.3 is 5.97 Å². The Labute approximate surface area is 90.2 Å². The molecule has 90 valence electrons. The average Bonchev–Trinajstić information content (AvgIpc) is 2.22. The zero-order valence-electron chi connectivity index (χ0n) is 9.02. The van der Waals surface area contributed by atoms with Gasteiger partial charge in [0.1, 0.15) is 6.04 Å². The van der Waals surface area contributed by atoms with E-state index in [1.54, 1.807) is 0 Å². The standard InChI is InChI=1S/C8H18N2O4S/c1-3-4-5-15(12,13)10-6-7(9)8(11)14-2/h7,10H,3-6,9H2,1-2H3/t7-/m0/s1. The number of rotatable bonds is 7. The maximum atomic E-state index is 11.3. The summed E-state index contributed by atoms with van der Waals surface area (Å²) < 4.78 is 29.2. The minimum absolute atomic E-state index is 0.0530. The highest BCUT2D eigenvalue weighted by atomic mass is 32.2. The Bertz CT molecular complexity index is 289. The molecule has 3 N–H and O–H groups in total. The van der Waals surface area contributed by atoms with Crippen LogP contribution >= 0.6 is 0 Å². The molecule has 0 fully saturated rings. The lowest BCUT2D eigenvalue weighted by Gasteiger charge is -2.10. The van der Waals surface area contributed by atoms with Crippen molar-refractivity contribution in [2.75, 3.05) is 19.4 Å². The molecule has 0 spiro atoms. The predicted octanol–water partition coefficient (Wildman–Crippen LogP) is -0.794. The summed E-state index contributed by atoms with van der Waals surface area (Å²) in [6, 6.07) is -0.952. The molecule has 0 saturated heterocycles. The number of hydrogen-bond acceptors (Lipinski definition) is 5. The molecule has 0 aromatic heterocycles. The van der Waals surface area contributed by atoms with E-state index < -0.39 is 22.0 Å². The summed E-state index contributed by atoms with van der Waals surface area (Å²) in [5.41, 5.74) is 5.36. The first kappa shape index (κ1) is 14.3. The predicted molar refractivity (Wildman–Crippen MR) is 56.7 cm³/mol. The molecule has 15 heavy (non-hydrogen) atoms. The van der Waals surface area contributed by atoms with Crippen LogP contribution in [0.15, 0.2) is 0 Å². The second kappa shape index (κ2) is 6.76. The van der Waals surface area contributed by atoms with Crippen molar-refractivity contribution < 1.29 is 17.9 Å². The Morgan fingerprint density at radius 2 is 2.13 bits per heavy atom. The summed E-state index contributed by atoms with van der Waals surface area (Å²) in [5.74, 6) is -0.578. The molecule has 0 heterocycles. The van der Waals surface area contributed by atoms with Gasteiger partial charge in [0.2, 0.25) is 10.0 Å². The SMILES string of the molecule is CCCCS(=O)(=O)NC[C@H](N)C(=O)OC. The van der Waals surface area contributed by atoms with Gasteiger partial charge in [-0.15, -0.1) is 0 Å². The second-order valence-electron chi connectivity index (χ2n) is 3.15. The summed E-state index contributed by atoms with van der Waals surface area (Å²) in [5, 5.41) is 0. The van der Waals surface area contributed by atoms with E-state index >= 15 is 0 Å². The van der Waals surface area contributed by atoms with Gasteiger partial charge in [-0.05, 0) is 6.42 Å². The Balaban J connectivity index is 3.98. The molecule has 6 nitrogen and oxygen atoms in total. The van der Waals surface area contributed by atoms with Gasteiger partial charge in [0.25, 0.3) is 0 Å². The molecular formula is C8H18N2O4S. The van der Waals surface area contributed by atoms with Gasteiger partial charge in [-0.25, -0.2) is 13.1 Å². The van der Waals surface area contributed by atoms with Crippen LogP contribution in [0.3, 0.4) is 0 Å². The van der Waals surface area contributed by atoms with Crippen molar-refractivity contribution in [1.82, 2.24) is 4.72 Å². The number of hydrogen-bond donors (Lipinski definition) is 2. The minimum atomic E-state index is -3.32. The van der Waals surface area contributed by atoms with Crippen molar-refractivity contribution in [3.8, 4) is 0 Å². The molecule has 0 aliphatic heterocycles. The third kappa shape index (κ3) is 6.43. The molecule has 1 atom stereocenters. The van der Waals surface area contributed by atoms with Crippen LogP contribution in [-0.4, -0.2) is 39.8 Å². The van der Waals surface area contributed by atoms with Crippen molar-refractivity contribution in [2.45, 2.75) is 25.8 Å². The highest BCUT2D eigenvalue weighted by Crippen LogP contribution is 1.93. The van der Waals surface area contributed by atoms with E-state index in [9.17, 15) is 13.2 Å². The summed E-state index contributed by atoms with van der Waals surface area (Å²) in [4.78, 5) is 10.9. The van der Waals surface area contributed by atoms with E-state index in [0.29, 0.717) is 6.42 Å². The molecule has 0 aromatic rings. The zero-order chi connectivity index (χ0) is 11.9. The fourth-order valence-electron chi connectivity index (χ4n) is 0.858. The molecule has 0 bridgehead atoms. The number of sulfonamides is 1. The molecule has 0 amide bonds. The first-order valence-corrected chi connectivity index (χ1v) is 6.39. The number of carbonyl (C=O) groups is 1. The normalized spacial score (nSPS) is 13.5. The van der Waals surface area contributed by atoms with Gasteiger partial charge in [-0.3, -0.25) is 4.79 Å². The zero-order valence-corrected chi connectivity index (χ0v) is 9.84. The van der Waals surface area contributed by atoms with Crippen LogP contribution in [0.5, 0.6) is 0 Å². The third-order valence-corrected chi connectivity index (χ3v) is 3.23. The van der Waals surface area contributed by atoms with Gasteiger partial charge in [-0.2, -0.15) is 0 Å². The number of methoxy groups -OCH3 is 1. The van der Waals surface area contributed by atoms with E-state index in [0.717, 1.165) is 6.42 Å². The summed E-state index contributed by atoms with van der Waals surface area (Å²) in [6.45, 7) is 1.77. The monoisotopic (exact) mass is 238 g/mol. The van der Waals surface area contributed by atoms with Crippen molar-refractivity contribution >= 4 is 16.0 Å². The minimum Gasteiger partial charge on any atom is -0.468 e. The number of nitrogens with one attached hydrogen (secondary N) is 1. The summed E-state index contributed by atoms with van der Waals surface area (Å²) in [7, 11) is -2.12. The van der Waals surface area contributed by atoms with Crippen molar-refractivity contribution in [3.05, 3.63) is 0 Å². The van der Waals surface area contributed by atoms with Crippen molar-refractivity contribution in [2.24, 2.45) is 5.73 Å². The molecule has 0 unspecified atom stereocenters. The maximum Gasteiger partial charge on any atom is 0.324 e. The molecule has 0 rings (SSSR count). The van der Waals surface area contributed by atoms with E-state index in [4.69, 9.17) is 5.73 Å². The van der Waals surface area contributed by atoms with Crippen LogP contribution in [0, 0.1) is 0 Å². The largest absolute Gasteiger partial charge is 0.468 e. The van der Waals surface area contributed by atoms with Crippen LogP contribution in [-0.2, 0) is 19.6 Å². The van der Waals surface area contributed by atoms with Crippen LogP contribution in [0.25, 0.3) is 0 Å². The average molecular weight is 238 g/mol. The molecular weight excluding hydrogens is 220 g/mol. The Morgan fingerprint density at radius 1 is 1.53 bits per heavy atom. The smallest absolute Gasteiger partial charge is 0.324 e. The lowest BCUT2D eigenvalue weighted by molar-refractivity contribution is -0.141. The highest BCUT2D eigenvalue weighted by molar-refractivity contribution is 7.89. The van der Waals surface area contributed by atoms with E-state index in [2.05, 4.69) is 9.46 Å². The summed E-state index contributed by atoms with van der Waals surface area (Å²) >= 11 is 0. The van der Waals surface area contributed by atoms with Gasteiger partial charge in [-0.1, -0.05) is 13.3 Å². The Kier molecular flexibility index (Phi) is 6.46. The molecule has 0 radical (unpaired) electrons. The topological polar surface area (TPSA) is 98.5 Å². The first-order valence-electron chi connectivity index (χ1n) is 4.73. The Hall–Kier alpha value is -0.660. The van der Waals surface area contributed by atoms with Crippen molar-refractivity contribution in [1.29, 1.82) is 0 Å². The van der Waals surface area contributed by atoms with Crippen LogP contribution in [0.1, 0.15) is 19.8 Å². The van der Waals surface area contributed by atoms with Crippen LogP contribution in [0.2, 0.25) is 0 Å². The van der Waals surface area contributed by atoms with Gasteiger partial charge in [0, 0.05) is 6.54 Å².